The molecule has 1 amide bonds. The van der Waals surface area contributed by atoms with Crippen molar-refractivity contribution >= 4 is 5.91 Å². The van der Waals surface area contributed by atoms with Crippen LogP contribution < -0.4 is 5.32 Å². The van der Waals surface area contributed by atoms with E-state index in [-0.39, 0.29) is 6.04 Å². The Bertz CT molecular complexity index is 304. The number of hydrogen-bond acceptors (Lipinski definition) is 3. The van der Waals surface area contributed by atoms with Gasteiger partial charge in [-0.05, 0) is 38.5 Å². The highest BCUT2D eigenvalue weighted by atomic mass is 16.5. The van der Waals surface area contributed by atoms with E-state index < -0.39 is 0 Å². The molecule has 2 aliphatic carbocycles. The Hall–Kier alpha value is -0.610. The summed E-state index contributed by atoms with van der Waals surface area (Å²) in [6, 6.07) is 1.15. The second-order valence-electron chi connectivity index (χ2n) is 5.64. The summed E-state index contributed by atoms with van der Waals surface area (Å²) in [5.74, 6) is 0.332. The van der Waals surface area contributed by atoms with Crippen molar-refractivity contribution in [2.24, 2.45) is 0 Å². The van der Waals surface area contributed by atoms with Gasteiger partial charge in [-0.25, -0.2) is 0 Å². The maximum atomic E-state index is 12.3. The van der Waals surface area contributed by atoms with Gasteiger partial charge in [-0.15, -0.1) is 0 Å². The molecule has 2 saturated carbocycles. The molecule has 0 aromatic heterocycles. The lowest BCUT2D eigenvalue weighted by Crippen LogP contribution is -2.42. The van der Waals surface area contributed by atoms with Crippen LogP contribution in [0.25, 0.3) is 0 Å². The van der Waals surface area contributed by atoms with Crippen LogP contribution in [0, 0.1) is 0 Å². The molecule has 4 heteroatoms. The summed E-state index contributed by atoms with van der Waals surface area (Å²) in [5, 5.41) is 3.46. The molecule has 3 fully saturated rings. The first-order valence-corrected chi connectivity index (χ1v) is 6.87. The fraction of sp³-hybridized carbons (Fsp3) is 0.923. The third kappa shape index (κ3) is 2.33. The van der Waals surface area contributed by atoms with Crippen molar-refractivity contribution in [2.75, 3.05) is 13.7 Å². The van der Waals surface area contributed by atoms with Crippen LogP contribution in [-0.4, -0.2) is 48.7 Å². The van der Waals surface area contributed by atoms with Crippen molar-refractivity contribution in [3.8, 4) is 0 Å². The van der Waals surface area contributed by atoms with Crippen LogP contribution in [0.2, 0.25) is 0 Å². The number of carbonyl (C=O) groups is 1. The molecule has 0 aromatic rings. The van der Waals surface area contributed by atoms with E-state index in [4.69, 9.17) is 4.74 Å². The van der Waals surface area contributed by atoms with E-state index in [1.54, 1.807) is 7.11 Å². The predicted octanol–water partition coefficient (Wildman–Crippen LogP) is 0.907. The van der Waals surface area contributed by atoms with Gasteiger partial charge in [-0.1, -0.05) is 0 Å². The van der Waals surface area contributed by atoms with E-state index >= 15 is 0 Å². The zero-order valence-electron chi connectivity index (χ0n) is 10.5. The number of amides is 1. The third-order valence-electron chi connectivity index (χ3n) is 4.39. The van der Waals surface area contributed by atoms with Gasteiger partial charge in [-0.2, -0.15) is 0 Å². The Morgan fingerprint density at radius 3 is 2.71 bits per heavy atom. The average molecular weight is 238 g/mol. The van der Waals surface area contributed by atoms with Gasteiger partial charge in [0, 0.05) is 25.7 Å². The molecule has 4 nitrogen and oxygen atoms in total. The van der Waals surface area contributed by atoms with Crippen LogP contribution in [0.15, 0.2) is 0 Å². The normalized spacial score (nSPS) is 38.1. The van der Waals surface area contributed by atoms with Gasteiger partial charge in [-0.3, -0.25) is 4.79 Å². The third-order valence-corrected chi connectivity index (χ3v) is 4.39. The van der Waals surface area contributed by atoms with Crippen molar-refractivity contribution in [3.05, 3.63) is 0 Å². The molecule has 0 radical (unpaired) electrons. The number of nitrogens with one attached hydrogen (secondary N) is 1. The highest BCUT2D eigenvalue weighted by Gasteiger charge is 2.40. The lowest BCUT2D eigenvalue weighted by atomic mass is 10.2. The molecule has 0 aromatic carbocycles. The minimum Gasteiger partial charge on any atom is -0.381 e. The van der Waals surface area contributed by atoms with E-state index in [0.29, 0.717) is 24.1 Å². The molecule has 17 heavy (non-hydrogen) atoms. The van der Waals surface area contributed by atoms with Crippen molar-refractivity contribution < 1.29 is 9.53 Å². The van der Waals surface area contributed by atoms with Crippen LogP contribution in [0.5, 0.6) is 0 Å². The standard InChI is InChI=1S/C13H22N2O2/c1-17-11-5-4-10(8-11)15-7-6-12(13(15)16)14-9-2-3-9/h9-12,14H,2-8H2,1H3. The Morgan fingerprint density at radius 1 is 1.24 bits per heavy atom. The first-order chi connectivity index (χ1) is 8.28. The number of likely N-dealkylation sites (tertiary alicyclic amines) is 1. The summed E-state index contributed by atoms with van der Waals surface area (Å²) < 4.78 is 5.38. The number of hydrogen-bond donors (Lipinski definition) is 1. The second kappa shape index (κ2) is 4.58. The molecule has 96 valence electrons. The summed E-state index contributed by atoms with van der Waals surface area (Å²) in [6.07, 6.45) is 7.09. The van der Waals surface area contributed by atoms with Gasteiger partial charge in [0.15, 0.2) is 0 Å². The zero-order valence-corrected chi connectivity index (χ0v) is 10.5. The predicted molar refractivity (Wildman–Crippen MR) is 64.7 cm³/mol. The molecular formula is C13H22N2O2. The van der Waals surface area contributed by atoms with Crippen molar-refractivity contribution in [1.29, 1.82) is 0 Å². The van der Waals surface area contributed by atoms with E-state index in [9.17, 15) is 4.79 Å². The molecule has 0 bridgehead atoms. The molecule has 3 aliphatic rings. The van der Waals surface area contributed by atoms with Gasteiger partial charge in [0.1, 0.15) is 0 Å². The Balaban J connectivity index is 1.56. The quantitative estimate of drug-likeness (QED) is 0.791. The maximum absolute atomic E-state index is 12.3. The Morgan fingerprint density at radius 2 is 2.06 bits per heavy atom. The van der Waals surface area contributed by atoms with Gasteiger partial charge in [0.25, 0.3) is 0 Å². The number of carbonyl (C=O) groups excluding carboxylic acids is 1. The smallest absolute Gasteiger partial charge is 0.240 e. The summed E-state index contributed by atoms with van der Waals surface area (Å²) >= 11 is 0. The lowest BCUT2D eigenvalue weighted by Gasteiger charge is -2.24. The molecule has 3 atom stereocenters. The Labute approximate surface area is 103 Å². The number of rotatable bonds is 4. The minimum atomic E-state index is 0.101. The maximum Gasteiger partial charge on any atom is 0.240 e. The van der Waals surface area contributed by atoms with E-state index in [2.05, 4.69) is 10.2 Å². The molecule has 1 aliphatic heterocycles. The van der Waals surface area contributed by atoms with Crippen LogP contribution in [0.3, 0.4) is 0 Å². The largest absolute Gasteiger partial charge is 0.381 e. The molecule has 1 saturated heterocycles. The average Bonchev–Trinajstić information content (AvgIpc) is 2.89. The van der Waals surface area contributed by atoms with Crippen LogP contribution in [0.1, 0.15) is 38.5 Å². The fourth-order valence-electron chi connectivity index (χ4n) is 3.17. The Kier molecular flexibility index (Phi) is 3.09. The number of methoxy groups -OCH3 is 1. The molecule has 0 spiro atoms. The summed E-state index contributed by atoms with van der Waals surface area (Å²) in [7, 11) is 1.77. The van der Waals surface area contributed by atoms with Gasteiger partial charge < -0.3 is 15.0 Å². The molecule has 3 unspecified atom stereocenters. The summed E-state index contributed by atoms with van der Waals surface area (Å²) in [6.45, 7) is 0.935. The van der Waals surface area contributed by atoms with E-state index in [0.717, 1.165) is 32.2 Å². The molecule has 3 rings (SSSR count). The minimum absolute atomic E-state index is 0.101. The first-order valence-electron chi connectivity index (χ1n) is 6.87. The highest BCUT2D eigenvalue weighted by molar-refractivity contribution is 5.84. The van der Waals surface area contributed by atoms with Crippen molar-refractivity contribution in [3.63, 3.8) is 0 Å². The highest BCUT2D eigenvalue weighted by Crippen LogP contribution is 2.30. The number of ether oxygens (including phenoxy) is 1. The molecular weight excluding hydrogens is 216 g/mol. The van der Waals surface area contributed by atoms with Crippen LogP contribution in [-0.2, 0) is 9.53 Å². The van der Waals surface area contributed by atoms with Crippen molar-refractivity contribution in [1.82, 2.24) is 10.2 Å². The van der Waals surface area contributed by atoms with Gasteiger partial charge in [0.2, 0.25) is 5.91 Å². The van der Waals surface area contributed by atoms with E-state index in [1.165, 1.54) is 12.8 Å². The van der Waals surface area contributed by atoms with Crippen LogP contribution in [0.4, 0.5) is 0 Å². The SMILES string of the molecule is COC1CCC(N2CCC(NC3CC3)C2=O)C1. The van der Waals surface area contributed by atoms with Crippen molar-refractivity contribution in [2.45, 2.75) is 62.8 Å². The first kappa shape index (κ1) is 11.5. The zero-order chi connectivity index (χ0) is 11.8. The van der Waals surface area contributed by atoms with Gasteiger partial charge in [0.05, 0.1) is 12.1 Å². The topological polar surface area (TPSA) is 41.6 Å². The fourth-order valence-corrected chi connectivity index (χ4v) is 3.17. The van der Waals surface area contributed by atoms with E-state index in [1.807, 2.05) is 0 Å². The summed E-state index contributed by atoms with van der Waals surface area (Å²) in [4.78, 5) is 14.4. The second-order valence-corrected chi connectivity index (χ2v) is 5.64. The van der Waals surface area contributed by atoms with Gasteiger partial charge >= 0.3 is 0 Å². The monoisotopic (exact) mass is 238 g/mol. The molecule has 1 heterocycles. The number of nitrogens with zero attached hydrogens (tertiary/aromatic N) is 1. The summed E-state index contributed by atoms with van der Waals surface area (Å²) in [5.41, 5.74) is 0. The molecule has 1 N–H and O–H groups in total. The van der Waals surface area contributed by atoms with Crippen LogP contribution >= 0.6 is 0 Å². The lowest BCUT2D eigenvalue weighted by molar-refractivity contribution is -0.131.